The van der Waals surface area contributed by atoms with Gasteiger partial charge in [-0.2, -0.15) is 0 Å². The van der Waals surface area contributed by atoms with Gasteiger partial charge in [0.05, 0.1) is 4.47 Å². The minimum absolute atomic E-state index is 0.841. The van der Waals surface area contributed by atoms with E-state index < -0.39 is 0 Å². The normalized spacial score (nSPS) is 10.4. The first-order chi connectivity index (χ1) is 8.70. The van der Waals surface area contributed by atoms with Gasteiger partial charge in [0.1, 0.15) is 5.82 Å². The molecule has 2 aromatic rings. The molecule has 0 N–H and O–H groups in total. The Morgan fingerprint density at radius 3 is 2.61 bits per heavy atom. The number of halogens is 1. The Bertz CT molecular complexity index is 514. The number of pyridine rings is 2. The lowest BCUT2D eigenvalue weighted by molar-refractivity contribution is 0.809. The molecular weight excluding hydrogens is 290 g/mol. The number of hydrogen-bond acceptors (Lipinski definition) is 3. The van der Waals surface area contributed by atoms with Gasteiger partial charge in [-0.05, 0) is 59.1 Å². The van der Waals surface area contributed by atoms with Gasteiger partial charge in [0.2, 0.25) is 0 Å². The Kier molecular flexibility index (Phi) is 4.31. The number of anilines is 1. The van der Waals surface area contributed by atoms with Gasteiger partial charge in [-0.25, -0.2) is 4.98 Å². The van der Waals surface area contributed by atoms with Gasteiger partial charge in [0.15, 0.2) is 0 Å². The summed E-state index contributed by atoms with van der Waals surface area (Å²) in [6, 6.07) is 6.16. The molecule has 0 aliphatic carbocycles. The maximum absolute atomic E-state index is 4.51. The van der Waals surface area contributed by atoms with E-state index in [0.717, 1.165) is 28.9 Å². The third-order valence-electron chi connectivity index (χ3n) is 2.76. The summed E-state index contributed by atoms with van der Waals surface area (Å²) < 4.78 is 1.04. The lowest BCUT2D eigenvalue weighted by atomic mass is 10.2. The molecule has 0 saturated carbocycles. The summed E-state index contributed by atoms with van der Waals surface area (Å²) in [4.78, 5) is 10.8. The minimum Gasteiger partial charge on any atom is -0.352 e. The van der Waals surface area contributed by atoms with Crippen LogP contribution in [0.2, 0.25) is 0 Å². The van der Waals surface area contributed by atoms with E-state index in [9.17, 15) is 0 Å². The molecule has 0 amide bonds. The fourth-order valence-electron chi connectivity index (χ4n) is 1.80. The van der Waals surface area contributed by atoms with E-state index in [0.29, 0.717) is 0 Å². The maximum Gasteiger partial charge on any atom is 0.143 e. The number of aromatic nitrogens is 2. The molecule has 0 bridgehead atoms. The molecule has 3 nitrogen and oxygen atoms in total. The third kappa shape index (κ3) is 3.07. The highest BCUT2D eigenvalue weighted by Crippen LogP contribution is 2.25. The van der Waals surface area contributed by atoms with E-state index in [4.69, 9.17) is 0 Å². The van der Waals surface area contributed by atoms with Gasteiger partial charge < -0.3 is 4.90 Å². The van der Waals surface area contributed by atoms with E-state index in [1.807, 2.05) is 37.6 Å². The fraction of sp³-hybridized carbons (Fsp3) is 0.286. The second-order valence-electron chi connectivity index (χ2n) is 4.19. The van der Waals surface area contributed by atoms with E-state index in [2.05, 4.69) is 43.8 Å². The zero-order valence-corrected chi connectivity index (χ0v) is 12.2. The lowest BCUT2D eigenvalue weighted by Gasteiger charge is -2.23. The molecule has 0 radical (unpaired) electrons. The van der Waals surface area contributed by atoms with E-state index in [-0.39, 0.29) is 0 Å². The van der Waals surface area contributed by atoms with Gasteiger partial charge in [-0.3, -0.25) is 4.98 Å². The van der Waals surface area contributed by atoms with Crippen molar-refractivity contribution >= 4 is 21.7 Å². The summed E-state index contributed by atoms with van der Waals surface area (Å²) in [7, 11) is 0. The van der Waals surface area contributed by atoms with Crippen LogP contribution in [0.15, 0.2) is 41.3 Å². The number of nitrogens with zero attached hydrogens (tertiary/aromatic N) is 3. The van der Waals surface area contributed by atoms with Crippen LogP contribution in [0.4, 0.5) is 5.82 Å². The van der Waals surface area contributed by atoms with Crippen molar-refractivity contribution in [1.29, 1.82) is 0 Å². The molecule has 0 unspecified atom stereocenters. The second kappa shape index (κ2) is 5.96. The van der Waals surface area contributed by atoms with Crippen LogP contribution in [-0.2, 0) is 6.54 Å². The molecule has 0 aliphatic heterocycles. The van der Waals surface area contributed by atoms with Gasteiger partial charge >= 0.3 is 0 Å². The lowest BCUT2D eigenvalue weighted by Crippen LogP contribution is -2.23. The molecule has 4 heteroatoms. The predicted molar refractivity (Wildman–Crippen MR) is 77.6 cm³/mol. The molecule has 0 atom stereocenters. The van der Waals surface area contributed by atoms with Crippen LogP contribution in [0.5, 0.6) is 0 Å². The standard InChI is InChI=1S/C14H16BrN3/c1-3-18(10-12-4-6-16-7-5-12)14-13(15)8-11(2)9-17-14/h4-9H,3,10H2,1-2H3. The topological polar surface area (TPSA) is 29.0 Å². The molecule has 2 aromatic heterocycles. The molecular formula is C14H16BrN3. The van der Waals surface area contributed by atoms with Crippen molar-refractivity contribution in [2.45, 2.75) is 20.4 Å². The first-order valence-electron chi connectivity index (χ1n) is 5.96. The molecule has 18 heavy (non-hydrogen) atoms. The summed E-state index contributed by atoms with van der Waals surface area (Å²) in [5.41, 5.74) is 2.40. The Labute approximate surface area is 116 Å². The van der Waals surface area contributed by atoms with Crippen molar-refractivity contribution in [3.05, 3.63) is 52.4 Å². The van der Waals surface area contributed by atoms with Crippen LogP contribution in [-0.4, -0.2) is 16.5 Å². The zero-order chi connectivity index (χ0) is 13.0. The Morgan fingerprint density at radius 2 is 2.00 bits per heavy atom. The quantitative estimate of drug-likeness (QED) is 0.864. The van der Waals surface area contributed by atoms with Crippen molar-refractivity contribution in [3.63, 3.8) is 0 Å². The number of aryl methyl sites for hydroxylation is 1. The highest BCUT2D eigenvalue weighted by Gasteiger charge is 2.10. The maximum atomic E-state index is 4.51. The van der Waals surface area contributed by atoms with Gasteiger partial charge in [-0.1, -0.05) is 0 Å². The van der Waals surface area contributed by atoms with E-state index in [1.165, 1.54) is 5.56 Å². The highest BCUT2D eigenvalue weighted by molar-refractivity contribution is 9.10. The van der Waals surface area contributed by atoms with Crippen LogP contribution in [0.1, 0.15) is 18.1 Å². The van der Waals surface area contributed by atoms with Crippen LogP contribution < -0.4 is 4.90 Å². The van der Waals surface area contributed by atoms with Crippen LogP contribution >= 0.6 is 15.9 Å². The Morgan fingerprint density at radius 1 is 1.28 bits per heavy atom. The van der Waals surface area contributed by atoms with Crippen LogP contribution in [0.3, 0.4) is 0 Å². The summed E-state index contributed by atoms with van der Waals surface area (Å²) in [6.45, 7) is 5.93. The van der Waals surface area contributed by atoms with Gasteiger partial charge in [0.25, 0.3) is 0 Å². The summed E-state index contributed by atoms with van der Waals surface area (Å²) in [5, 5.41) is 0. The number of hydrogen-bond donors (Lipinski definition) is 0. The van der Waals surface area contributed by atoms with E-state index >= 15 is 0 Å². The SMILES string of the molecule is CCN(Cc1ccncc1)c1ncc(C)cc1Br. The van der Waals surface area contributed by atoms with Gasteiger partial charge in [-0.15, -0.1) is 0 Å². The van der Waals surface area contributed by atoms with Crippen LogP contribution in [0.25, 0.3) is 0 Å². The Hall–Kier alpha value is -1.42. The third-order valence-corrected chi connectivity index (χ3v) is 3.35. The van der Waals surface area contributed by atoms with Crippen LogP contribution in [0, 0.1) is 6.92 Å². The average Bonchev–Trinajstić information content (AvgIpc) is 2.38. The van der Waals surface area contributed by atoms with Crippen molar-refractivity contribution in [1.82, 2.24) is 9.97 Å². The zero-order valence-electron chi connectivity index (χ0n) is 10.6. The molecule has 0 saturated heterocycles. The van der Waals surface area contributed by atoms with Crippen molar-refractivity contribution in [3.8, 4) is 0 Å². The number of rotatable bonds is 4. The van der Waals surface area contributed by atoms with E-state index in [1.54, 1.807) is 0 Å². The average molecular weight is 306 g/mol. The molecule has 0 aliphatic rings. The summed E-state index contributed by atoms with van der Waals surface area (Å²) in [6.07, 6.45) is 5.54. The predicted octanol–water partition coefficient (Wildman–Crippen LogP) is 3.57. The second-order valence-corrected chi connectivity index (χ2v) is 5.04. The van der Waals surface area contributed by atoms with Crippen molar-refractivity contribution < 1.29 is 0 Å². The molecule has 94 valence electrons. The molecule has 0 spiro atoms. The van der Waals surface area contributed by atoms with Crippen molar-refractivity contribution in [2.24, 2.45) is 0 Å². The highest BCUT2D eigenvalue weighted by atomic mass is 79.9. The minimum atomic E-state index is 0.841. The monoisotopic (exact) mass is 305 g/mol. The first kappa shape index (κ1) is 13.0. The van der Waals surface area contributed by atoms with Gasteiger partial charge in [0, 0.05) is 31.7 Å². The molecule has 2 rings (SSSR count). The molecule has 0 aromatic carbocycles. The Balaban J connectivity index is 2.23. The summed E-state index contributed by atoms with van der Waals surface area (Å²) in [5.74, 6) is 0.986. The molecule has 0 fully saturated rings. The molecule has 2 heterocycles. The largest absolute Gasteiger partial charge is 0.352 e. The first-order valence-corrected chi connectivity index (χ1v) is 6.76. The smallest absolute Gasteiger partial charge is 0.143 e. The summed E-state index contributed by atoms with van der Waals surface area (Å²) >= 11 is 3.59. The fourth-order valence-corrected chi connectivity index (χ4v) is 2.52. The van der Waals surface area contributed by atoms with Crippen molar-refractivity contribution in [2.75, 3.05) is 11.4 Å².